The molecule has 1 aromatic rings. The predicted molar refractivity (Wildman–Crippen MR) is 120 cm³/mol. The summed E-state index contributed by atoms with van der Waals surface area (Å²) in [6, 6.07) is 8.58. The molecular weight excluding hydrogens is 382 g/mol. The van der Waals surface area contributed by atoms with Crippen LogP contribution in [0.3, 0.4) is 0 Å². The number of nitrogens with zero attached hydrogens (tertiary/aromatic N) is 1. The fraction of sp³-hybridized carbons (Fsp3) is 0.440. The number of rotatable bonds is 8. The smallest absolute Gasteiger partial charge is 0.303 e. The zero-order chi connectivity index (χ0) is 21.0. The molecule has 1 heterocycles. The van der Waals surface area contributed by atoms with E-state index >= 15 is 0 Å². The Balaban J connectivity index is 1.88. The van der Waals surface area contributed by atoms with Crippen molar-refractivity contribution < 1.29 is 14.5 Å². The number of benzene rings is 1. The summed E-state index contributed by atoms with van der Waals surface area (Å²) < 4.78 is 2.40. The maximum absolute atomic E-state index is 10.8. The monoisotopic (exact) mass is 412 g/mol. The van der Waals surface area contributed by atoms with Gasteiger partial charge in [-0.1, -0.05) is 42.5 Å². The Bertz CT molecular complexity index is 905. The van der Waals surface area contributed by atoms with E-state index in [2.05, 4.69) is 61.4 Å². The van der Waals surface area contributed by atoms with E-state index < -0.39 is 5.97 Å². The lowest BCUT2D eigenvalue weighted by molar-refractivity contribution is -0.438. The van der Waals surface area contributed by atoms with E-state index in [0.29, 0.717) is 0 Å². The number of para-hydroxylation sites is 1. The van der Waals surface area contributed by atoms with Crippen molar-refractivity contribution in [1.82, 2.24) is 0 Å². The Kier molecular flexibility index (Phi) is 6.79. The SMILES string of the molecule is C=C1CCCC(C=CC2=[N+](CCCCCC(=O)O)c3ccccc3C2(C)C)=C1Cl. The third-order valence-electron chi connectivity index (χ3n) is 6.03. The normalized spacial score (nSPS) is 18.7. The van der Waals surface area contributed by atoms with E-state index in [1.807, 2.05) is 0 Å². The molecule has 0 bridgehead atoms. The fourth-order valence-electron chi connectivity index (χ4n) is 4.38. The Labute approximate surface area is 179 Å². The maximum atomic E-state index is 10.8. The number of carbonyl (C=O) groups is 1. The summed E-state index contributed by atoms with van der Waals surface area (Å²) in [6.07, 6.45) is 10.3. The summed E-state index contributed by atoms with van der Waals surface area (Å²) in [4.78, 5) is 10.8. The first-order chi connectivity index (χ1) is 13.8. The highest BCUT2D eigenvalue weighted by Gasteiger charge is 2.43. The number of aliphatic carboxylic acids is 1. The largest absolute Gasteiger partial charge is 0.481 e. The average molecular weight is 413 g/mol. The van der Waals surface area contributed by atoms with Crippen molar-refractivity contribution in [1.29, 1.82) is 0 Å². The van der Waals surface area contributed by atoms with E-state index in [1.54, 1.807) is 0 Å². The van der Waals surface area contributed by atoms with Crippen molar-refractivity contribution in [2.75, 3.05) is 6.54 Å². The van der Waals surface area contributed by atoms with E-state index in [9.17, 15) is 4.79 Å². The van der Waals surface area contributed by atoms with Gasteiger partial charge in [0.15, 0.2) is 5.71 Å². The fourth-order valence-corrected chi connectivity index (χ4v) is 4.63. The van der Waals surface area contributed by atoms with Crippen molar-refractivity contribution >= 4 is 29.0 Å². The van der Waals surface area contributed by atoms with Crippen LogP contribution in [0.15, 0.2) is 59.2 Å². The molecule has 29 heavy (non-hydrogen) atoms. The number of carboxylic acid groups (broad SMARTS) is 1. The number of allylic oxidation sites excluding steroid dienone is 5. The van der Waals surface area contributed by atoms with Crippen molar-refractivity contribution in [3.8, 4) is 0 Å². The Morgan fingerprint density at radius 3 is 2.72 bits per heavy atom. The highest BCUT2D eigenvalue weighted by molar-refractivity contribution is 6.32. The van der Waals surface area contributed by atoms with Crippen LogP contribution in [0.2, 0.25) is 0 Å². The maximum Gasteiger partial charge on any atom is 0.303 e. The second-order valence-electron chi connectivity index (χ2n) is 8.51. The molecule has 154 valence electrons. The molecule has 4 heteroatoms. The lowest BCUT2D eigenvalue weighted by Crippen LogP contribution is -2.28. The first kappa shape index (κ1) is 21.6. The number of halogens is 1. The zero-order valence-corrected chi connectivity index (χ0v) is 18.3. The molecule has 2 aliphatic rings. The van der Waals surface area contributed by atoms with Gasteiger partial charge in [-0.3, -0.25) is 4.79 Å². The minimum Gasteiger partial charge on any atom is -0.481 e. The molecule has 1 aliphatic heterocycles. The Morgan fingerprint density at radius 2 is 1.97 bits per heavy atom. The van der Waals surface area contributed by atoms with Crippen LogP contribution in [0.1, 0.15) is 64.4 Å². The molecule has 0 atom stereocenters. The van der Waals surface area contributed by atoms with Crippen LogP contribution in [0.5, 0.6) is 0 Å². The highest BCUT2D eigenvalue weighted by Crippen LogP contribution is 2.40. The summed E-state index contributed by atoms with van der Waals surface area (Å²) in [5, 5.41) is 9.68. The molecule has 0 unspecified atom stereocenters. The number of fused-ring (bicyclic) bond motifs is 1. The first-order valence-corrected chi connectivity index (χ1v) is 10.9. The van der Waals surface area contributed by atoms with Gasteiger partial charge in [0.1, 0.15) is 6.54 Å². The topological polar surface area (TPSA) is 40.3 Å². The molecule has 0 fully saturated rings. The summed E-state index contributed by atoms with van der Waals surface area (Å²) in [7, 11) is 0. The minimum atomic E-state index is -0.716. The number of hydrogen-bond donors (Lipinski definition) is 1. The molecule has 0 radical (unpaired) electrons. The van der Waals surface area contributed by atoms with Gasteiger partial charge >= 0.3 is 5.97 Å². The summed E-state index contributed by atoms with van der Waals surface area (Å²) in [6.45, 7) is 9.52. The van der Waals surface area contributed by atoms with Gasteiger partial charge in [-0.25, -0.2) is 0 Å². The van der Waals surface area contributed by atoms with Crippen molar-refractivity contribution in [2.24, 2.45) is 0 Å². The summed E-state index contributed by atoms with van der Waals surface area (Å²) in [5.74, 6) is -0.716. The number of hydrogen-bond acceptors (Lipinski definition) is 1. The molecule has 1 aromatic carbocycles. The summed E-state index contributed by atoms with van der Waals surface area (Å²) in [5.41, 5.74) is 5.97. The molecule has 1 aliphatic carbocycles. The molecule has 0 amide bonds. The van der Waals surface area contributed by atoms with Crippen LogP contribution < -0.4 is 0 Å². The van der Waals surface area contributed by atoms with Gasteiger partial charge in [0.25, 0.3) is 0 Å². The molecule has 0 aromatic heterocycles. The van der Waals surface area contributed by atoms with Gasteiger partial charge < -0.3 is 5.11 Å². The highest BCUT2D eigenvalue weighted by atomic mass is 35.5. The second kappa shape index (κ2) is 9.13. The second-order valence-corrected chi connectivity index (χ2v) is 8.89. The van der Waals surface area contributed by atoms with Gasteiger partial charge in [-0.2, -0.15) is 4.58 Å². The van der Waals surface area contributed by atoms with E-state index in [1.165, 1.54) is 22.5 Å². The van der Waals surface area contributed by atoms with Crippen LogP contribution in [-0.2, 0) is 10.2 Å². The van der Waals surface area contributed by atoms with Crippen molar-refractivity contribution in [3.05, 3.63) is 64.7 Å². The average Bonchev–Trinajstić information content (AvgIpc) is 2.89. The van der Waals surface area contributed by atoms with Gasteiger partial charge in [0.05, 0.1) is 5.41 Å². The third kappa shape index (κ3) is 4.72. The van der Waals surface area contributed by atoms with Crippen LogP contribution in [0.25, 0.3) is 0 Å². The molecule has 3 rings (SSSR count). The molecule has 3 nitrogen and oxygen atoms in total. The Hall–Kier alpha value is -2.13. The molecule has 0 saturated heterocycles. The van der Waals surface area contributed by atoms with Crippen LogP contribution in [0, 0.1) is 0 Å². The number of carboxylic acids is 1. The molecular formula is C25H31ClNO2+. The molecule has 0 saturated carbocycles. The lowest BCUT2D eigenvalue weighted by atomic mass is 9.81. The standard InChI is InChI=1S/C25H30ClNO2/c1-18-10-9-11-19(24(18)26)15-16-22-25(2,3)20-12-6-7-13-21(20)27(22)17-8-4-5-14-23(28)29/h6-7,12-13,15-16H,1,4-5,8-11,14,17H2,2-3H3/p+1. The van der Waals surface area contributed by atoms with Crippen molar-refractivity contribution in [2.45, 2.75) is 64.2 Å². The minimum absolute atomic E-state index is 0.0904. The van der Waals surface area contributed by atoms with Gasteiger partial charge in [0, 0.05) is 35.6 Å². The van der Waals surface area contributed by atoms with E-state index in [0.717, 1.165) is 55.7 Å². The van der Waals surface area contributed by atoms with E-state index in [4.69, 9.17) is 16.7 Å². The van der Waals surface area contributed by atoms with Crippen molar-refractivity contribution in [3.63, 3.8) is 0 Å². The third-order valence-corrected chi connectivity index (χ3v) is 6.54. The van der Waals surface area contributed by atoms with Crippen LogP contribution >= 0.6 is 11.6 Å². The molecule has 0 spiro atoms. The van der Waals surface area contributed by atoms with Gasteiger partial charge in [-0.15, -0.1) is 0 Å². The zero-order valence-electron chi connectivity index (χ0n) is 17.5. The van der Waals surface area contributed by atoms with Crippen LogP contribution in [0.4, 0.5) is 5.69 Å². The lowest BCUT2D eigenvalue weighted by Gasteiger charge is -2.17. The van der Waals surface area contributed by atoms with Crippen LogP contribution in [-0.4, -0.2) is 27.9 Å². The van der Waals surface area contributed by atoms with E-state index in [-0.39, 0.29) is 11.8 Å². The Morgan fingerprint density at radius 1 is 1.21 bits per heavy atom. The quantitative estimate of drug-likeness (QED) is 0.391. The number of unbranched alkanes of at least 4 members (excludes halogenated alkanes) is 2. The van der Waals surface area contributed by atoms with Gasteiger partial charge in [0.2, 0.25) is 5.69 Å². The van der Waals surface area contributed by atoms with Gasteiger partial charge in [-0.05, 0) is 57.1 Å². The predicted octanol–water partition coefficient (Wildman–Crippen LogP) is 6.50. The molecule has 1 N–H and O–H groups in total. The summed E-state index contributed by atoms with van der Waals surface area (Å²) >= 11 is 6.52. The first-order valence-electron chi connectivity index (χ1n) is 10.5.